The number of amides is 1. The van der Waals surface area contributed by atoms with Gasteiger partial charge in [-0.3, -0.25) is 9.69 Å². The maximum absolute atomic E-state index is 13.0. The number of hydrogen-bond acceptors (Lipinski definition) is 4. The molecule has 1 saturated heterocycles. The van der Waals surface area contributed by atoms with Crippen molar-refractivity contribution >= 4 is 11.6 Å². The third kappa shape index (κ3) is 3.27. The number of hydrogen-bond donors (Lipinski definition) is 0. The van der Waals surface area contributed by atoms with Crippen molar-refractivity contribution in [1.29, 1.82) is 0 Å². The van der Waals surface area contributed by atoms with E-state index in [2.05, 4.69) is 0 Å². The molecule has 1 fully saturated rings. The molecule has 5 nitrogen and oxygen atoms in total. The first kappa shape index (κ1) is 17.9. The van der Waals surface area contributed by atoms with E-state index in [1.54, 1.807) is 19.1 Å². The molecule has 0 bridgehead atoms. The summed E-state index contributed by atoms with van der Waals surface area (Å²) < 4.78 is 16.5. The van der Waals surface area contributed by atoms with Gasteiger partial charge in [0.1, 0.15) is 23.3 Å². The Labute approximate surface area is 164 Å². The molecule has 1 aliphatic heterocycles. The summed E-state index contributed by atoms with van der Waals surface area (Å²) in [5.41, 5.74) is 1.79. The van der Waals surface area contributed by atoms with Crippen molar-refractivity contribution in [2.24, 2.45) is 0 Å². The molecule has 1 amide bonds. The second kappa shape index (κ2) is 7.64. The van der Waals surface area contributed by atoms with Gasteiger partial charge in [-0.25, -0.2) is 0 Å². The number of benzene rings is 3. The Morgan fingerprint density at radius 1 is 0.714 bits per heavy atom. The van der Waals surface area contributed by atoms with E-state index in [-0.39, 0.29) is 11.9 Å². The van der Waals surface area contributed by atoms with Gasteiger partial charge in [0.2, 0.25) is 6.10 Å². The van der Waals surface area contributed by atoms with Crippen LogP contribution < -0.4 is 19.1 Å². The summed E-state index contributed by atoms with van der Waals surface area (Å²) >= 11 is 0. The third-order valence-electron chi connectivity index (χ3n) is 4.86. The molecule has 3 aromatic rings. The van der Waals surface area contributed by atoms with Crippen LogP contribution in [0.5, 0.6) is 17.2 Å². The van der Waals surface area contributed by atoms with Crippen LogP contribution in [0.3, 0.4) is 0 Å². The molecule has 2 unspecified atom stereocenters. The van der Waals surface area contributed by atoms with E-state index in [1.807, 2.05) is 78.9 Å². The fourth-order valence-corrected chi connectivity index (χ4v) is 3.38. The van der Waals surface area contributed by atoms with E-state index in [9.17, 15) is 4.79 Å². The predicted octanol–water partition coefficient (Wildman–Crippen LogP) is 4.24. The van der Waals surface area contributed by atoms with Crippen LogP contribution in [-0.2, 0) is 4.79 Å². The first-order valence-corrected chi connectivity index (χ1v) is 9.04. The molecule has 0 spiro atoms. The van der Waals surface area contributed by atoms with Crippen LogP contribution >= 0.6 is 0 Å². The van der Waals surface area contributed by atoms with Crippen molar-refractivity contribution in [1.82, 2.24) is 0 Å². The molecule has 0 aliphatic carbocycles. The maximum Gasteiger partial charge on any atom is 0.271 e. The summed E-state index contributed by atoms with van der Waals surface area (Å²) in [4.78, 5) is 14.7. The molecular formula is C23H21NO4. The average Bonchev–Trinajstić information content (AvgIpc) is 2.76. The van der Waals surface area contributed by atoms with Crippen molar-refractivity contribution < 1.29 is 19.0 Å². The molecule has 0 radical (unpaired) electrons. The first-order chi connectivity index (χ1) is 13.7. The Balaban J connectivity index is 1.67. The van der Waals surface area contributed by atoms with Gasteiger partial charge in [-0.1, -0.05) is 30.3 Å². The summed E-state index contributed by atoms with van der Waals surface area (Å²) in [6.45, 7) is 0. The Morgan fingerprint density at radius 3 is 1.86 bits per heavy atom. The van der Waals surface area contributed by atoms with E-state index in [0.717, 1.165) is 22.7 Å². The van der Waals surface area contributed by atoms with E-state index in [4.69, 9.17) is 14.2 Å². The molecule has 5 heteroatoms. The largest absolute Gasteiger partial charge is 0.497 e. The monoisotopic (exact) mass is 375 g/mol. The number of ether oxygens (including phenoxy) is 3. The van der Waals surface area contributed by atoms with Crippen LogP contribution in [0.1, 0.15) is 11.6 Å². The Bertz CT molecular complexity index is 939. The molecule has 0 N–H and O–H groups in total. The second-order valence-corrected chi connectivity index (χ2v) is 6.48. The highest BCUT2D eigenvalue weighted by Gasteiger charge is 2.51. The van der Waals surface area contributed by atoms with E-state index >= 15 is 0 Å². The van der Waals surface area contributed by atoms with Gasteiger partial charge in [0, 0.05) is 5.69 Å². The summed E-state index contributed by atoms with van der Waals surface area (Å²) in [7, 11) is 3.25. The van der Waals surface area contributed by atoms with Gasteiger partial charge in [-0.15, -0.1) is 0 Å². The van der Waals surface area contributed by atoms with E-state index < -0.39 is 6.10 Å². The van der Waals surface area contributed by atoms with Crippen LogP contribution in [0.15, 0.2) is 78.9 Å². The first-order valence-electron chi connectivity index (χ1n) is 9.04. The summed E-state index contributed by atoms with van der Waals surface area (Å²) in [6.07, 6.45) is -0.585. The highest BCUT2D eigenvalue weighted by molar-refractivity contribution is 6.05. The van der Waals surface area contributed by atoms with Gasteiger partial charge >= 0.3 is 0 Å². The summed E-state index contributed by atoms with van der Waals surface area (Å²) in [5.74, 6) is 2.12. The van der Waals surface area contributed by atoms with Gasteiger partial charge in [-0.2, -0.15) is 0 Å². The lowest BCUT2D eigenvalue weighted by atomic mass is 9.89. The zero-order valence-electron chi connectivity index (χ0n) is 15.7. The Hall–Kier alpha value is -3.47. The summed E-state index contributed by atoms with van der Waals surface area (Å²) in [6, 6.07) is 24.4. The van der Waals surface area contributed by atoms with Gasteiger partial charge in [-0.05, 0) is 54.1 Å². The van der Waals surface area contributed by atoms with Crippen molar-refractivity contribution in [2.75, 3.05) is 19.1 Å². The van der Waals surface area contributed by atoms with Crippen LogP contribution in [0.25, 0.3) is 0 Å². The number of para-hydroxylation sites is 1. The molecule has 4 rings (SSSR count). The molecule has 2 atom stereocenters. The van der Waals surface area contributed by atoms with Crippen molar-refractivity contribution in [3.8, 4) is 17.2 Å². The van der Waals surface area contributed by atoms with Crippen LogP contribution in [0, 0.1) is 0 Å². The minimum Gasteiger partial charge on any atom is -0.497 e. The minimum atomic E-state index is -0.585. The maximum atomic E-state index is 13.0. The fraction of sp³-hybridized carbons (Fsp3) is 0.174. The number of carbonyl (C=O) groups is 1. The quantitative estimate of drug-likeness (QED) is 0.605. The van der Waals surface area contributed by atoms with Crippen molar-refractivity contribution in [3.05, 3.63) is 84.4 Å². The SMILES string of the molecule is COc1ccc(C2C(Oc3ccccc3)C(=O)N2c2ccc(OC)cc2)cc1. The van der Waals surface area contributed by atoms with Crippen LogP contribution in [0.4, 0.5) is 5.69 Å². The number of nitrogens with zero attached hydrogens (tertiary/aromatic N) is 1. The van der Waals surface area contributed by atoms with Crippen molar-refractivity contribution in [3.63, 3.8) is 0 Å². The second-order valence-electron chi connectivity index (χ2n) is 6.48. The molecule has 0 saturated carbocycles. The molecule has 142 valence electrons. The molecular weight excluding hydrogens is 354 g/mol. The number of anilines is 1. The van der Waals surface area contributed by atoms with Crippen molar-refractivity contribution in [2.45, 2.75) is 12.1 Å². The van der Waals surface area contributed by atoms with Gasteiger partial charge in [0.15, 0.2) is 0 Å². The smallest absolute Gasteiger partial charge is 0.271 e. The normalized spacial score (nSPS) is 18.4. The lowest BCUT2D eigenvalue weighted by Crippen LogP contribution is -2.61. The highest BCUT2D eigenvalue weighted by atomic mass is 16.5. The number of carbonyl (C=O) groups excluding carboxylic acids is 1. The molecule has 3 aromatic carbocycles. The van der Waals surface area contributed by atoms with Gasteiger partial charge in [0.05, 0.1) is 14.2 Å². The lowest BCUT2D eigenvalue weighted by molar-refractivity contribution is -0.135. The standard InChI is InChI=1S/C23H21NO4/c1-26-18-12-8-16(9-13-18)21-22(28-20-6-4-3-5-7-20)23(25)24(21)17-10-14-19(27-2)15-11-17/h3-15,21-22H,1-2H3. The zero-order valence-corrected chi connectivity index (χ0v) is 15.7. The van der Waals surface area contributed by atoms with E-state index in [1.165, 1.54) is 0 Å². The van der Waals surface area contributed by atoms with Gasteiger partial charge < -0.3 is 14.2 Å². The van der Waals surface area contributed by atoms with Crippen LogP contribution in [0.2, 0.25) is 0 Å². The summed E-state index contributed by atoms with van der Waals surface area (Å²) in [5, 5.41) is 0. The zero-order chi connectivity index (χ0) is 19.5. The Kier molecular flexibility index (Phi) is 4.89. The molecule has 1 aliphatic rings. The average molecular weight is 375 g/mol. The topological polar surface area (TPSA) is 48.0 Å². The number of β-lactam (4-membered cyclic amide) rings is 1. The molecule has 1 heterocycles. The highest BCUT2D eigenvalue weighted by Crippen LogP contribution is 2.42. The number of rotatable bonds is 6. The van der Waals surface area contributed by atoms with Crippen LogP contribution in [-0.4, -0.2) is 26.2 Å². The third-order valence-corrected chi connectivity index (χ3v) is 4.86. The molecule has 28 heavy (non-hydrogen) atoms. The minimum absolute atomic E-state index is 0.0742. The Morgan fingerprint density at radius 2 is 1.29 bits per heavy atom. The van der Waals surface area contributed by atoms with Gasteiger partial charge in [0.25, 0.3) is 5.91 Å². The molecule has 0 aromatic heterocycles. The predicted molar refractivity (Wildman–Crippen MR) is 107 cm³/mol. The number of methoxy groups -OCH3 is 2. The fourth-order valence-electron chi connectivity index (χ4n) is 3.38. The van der Waals surface area contributed by atoms with E-state index in [0.29, 0.717) is 5.75 Å². The lowest BCUT2D eigenvalue weighted by Gasteiger charge is -2.46.